The van der Waals surface area contributed by atoms with Gasteiger partial charge in [-0.25, -0.2) is 0 Å². The maximum Gasteiger partial charge on any atom is 0.387 e. The van der Waals surface area contributed by atoms with E-state index < -0.39 is 11.5 Å². The zero-order valence-corrected chi connectivity index (χ0v) is 12.9. The SMILES string of the molecule is O=[N+]([O-])c1cccc(-c2cnn(Cc3ccc(OC(F)F)cc3)c2)c1. The summed E-state index contributed by atoms with van der Waals surface area (Å²) in [5.41, 5.74) is 2.32. The molecule has 0 aliphatic heterocycles. The van der Waals surface area contributed by atoms with E-state index in [1.54, 1.807) is 41.3 Å². The number of nitrogens with zero attached hydrogens (tertiary/aromatic N) is 3. The lowest BCUT2D eigenvalue weighted by atomic mass is 10.1. The quantitative estimate of drug-likeness (QED) is 0.498. The Bertz CT molecular complexity index is 879. The molecule has 0 saturated carbocycles. The predicted octanol–water partition coefficient (Wildman–Crippen LogP) is 4.11. The molecule has 3 rings (SSSR count). The monoisotopic (exact) mass is 345 g/mol. The number of ether oxygens (including phenoxy) is 1. The first kappa shape index (κ1) is 16.6. The molecular formula is C17H13F2N3O3. The minimum Gasteiger partial charge on any atom is -0.435 e. The summed E-state index contributed by atoms with van der Waals surface area (Å²) < 4.78 is 30.2. The van der Waals surface area contributed by atoms with Crippen LogP contribution in [0.2, 0.25) is 0 Å². The number of halogens is 2. The molecule has 0 radical (unpaired) electrons. The van der Waals surface area contributed by atoms with Crippen molar-refractivity contribution in [2.24, 2.45) is 0 Å². The zero-order chi connectivity index (χ0) is 17.8. The molecule has 0 aliphatic carbocycles. The fourth-order valence-corrected chi connectivity index (χ4v) is 2.36. The maximum absolute atomic E-state index is 12.1. The van der Waals surface area contributed by atoms with Crippen LogP contribution in [0.4, 0.5) is 14.5 Å². The van der Waals surface area contributed by atoms with Gasteiger partial charge in [0.1, 0.15) is 5.75 Å². The van der Waals surface area contributed by atoms with E-state index in [1.807, 2.05) is 0 Å². The third-order valence-corrected chi connectivity index (χ3v) is 3.52. The maximum atomic E-state index is 12.1. The van der Waals surface area contributed by atoms with Crippen LogP contribution >= 0.6 is 0 Å². The van der Waals surface area contributed by atoms with Crippen molar-refractivity contribution < 1.29 is 18.4 Å². The lowest BCUT2D eigenvalue weighted by Crippen LogP contribution is -2.03. The molecule has 0 aliphatic rings. The summed E-state index contributed by atoms with van der Waals surface area (Å²) in [6.45, 7) is -2.42. The molecule has 8 heteroatoms. The third kappa shape index (κ3) is 4.17. The smallest absolute Gasteiger partial charge is 0.387 e. The molecule has 0 fully saturated rings. The van der Waals surface area contributed by atoms with Crippen molar-refractivity contribution in [3.8, 4) is 16.9 Å². The zero-order valence-electron chi connectivity index (χ0n) is 12.9. The Labute approximate surface area is 141 Å². The lowest BCUT2D eigenvalue weighted by molar-refractivity contribution is -0.384. The standard InChI is InChI=1S/C17H13F2N3O3/c18-17(19)25-16-6-4-12(5-7-16)10-21-11-14(9-20-21)13-2-1-3-15(8-13)22(23)24/h1-9,11,17H,10H2. The topological polar surface area (TPSA) is 70.2 Å². The van der Waals surface area contributed by atoms with Gasteiger partial charge in [-0.15, -0.1) is 0 Å². The van der Waals surface area contributed by atoms with Crippen molar-refractivity contribution in [1.82, 2.24) is 9.78 Å². The molecule has 3 aromatic rings. The third-order valence-electron chi connectivity index (χ3n) is 3.52. The lowest BCUT2D eigenvalue weighted by Gasteiger charge is -2.06. The average molecular weight is 345 g/mol. The van der Waals surface area contributed by atoms with Crippen molar-refractivity contribution in [3.63, 3.8) is 0 Å². The van der Waals surface area contributed by atoms with Gasteiger partial charge in [-0.2, -0.15) is 13.9 Å². The van der Waals surface area contributed by atoms with Gasteiger partial charge in [0, 0.05) is 23.9 Å². The second-order valence-corrected chi connectivity index (χ2v) is 5.26. The average Bonchev–Trinajstić information content (AvgIpc) is 3.05. The Morgan fingerprint density at radius 2 is 1.92 bits per heavy atom. The first-order valence-corrected chi connectivity index (χ1v) is 7.32. The van der Waals surface area contributed by atoms with Crippen LogP contribution in [0.5, 0.6) is 5.75 Å². The highest BCUT2D eigenvalue weighted by atomic mass is 19.3. The summed E-state index contributed by atoms with van der Waals surface area (Å²) >= 11 is 0. The summed E-state index contributed by atoms with van der Waals surface area (Å²) in [5, 5.41) is 15.1. The second kappa shape index (κ2) is 7.08. The van der Waals surface area contributed by atoms with Crippen molar-refractivity contribution in [1.29, 1.82) is 0 Å². The van der Waals surface area contributed by atoms with E-state index in [4.69, 9.17) is 0 Å². The largest absolute Gasteiger partial charge is 0.435 e. The van der Waals surface area contributed by atoms with Crippen LogP contribution < -0.4 is 4.74 Å². The molecule has 128 valence electrons. The van der Waals surface area contributed by atoms with Crippen LogP contribution in [0, 0.1) is 10.1 Å². The van der Waals surface area contributed by atoms with Crippen LogP contribution in [0.25, 0.3) is 11.1 Å². The van der Waals surface area contributed by atoms with Gasteiger partial charge >= 0.3 is 6.61 Å². The number of hydrogen-bond donors (Lipinski definition) is 0. The summed E-state index contributed by atoms with van der Waals surface area (Å²) in [5.74, 6) is 0.0940. The van der Waals surface area contributed by atoms with E-state index in [0.717, 1.165) is 11.1 Å². The number of alkyl halides is 2. The molecule has 1 aromatic heterocycles. The number of benzene rings is 2. The Kier molecular flexibility index (Phi) is 4.69. The molecule has 1 heterocycles. The Morgan fingerprint density at radius 3 is 2.60 bits per heavy atom. The van der Waals surface area contributed by atoms with E-state index in [1.165, 1.54) is 24.3 Å². The van der Waals surface area contributed by atoms with E-state index in [-0.39, 0.29) is 11.4 Å². The second-order valence-electron chi connectivity index (χ2n) is 5.26. The Hall–Kier alpha value is -3.29. The number of aromatic nitrogens is 2. The van der Waals surface area contributed by atoms with Crippen LogP contribution in [-0.4, -0.2) is 21.3 Å². The molecule has 25 heavy (non-hydrogen) atoms. The van der Waals surface area contributed by atoms with E-state index in [9.17, 15) is 18.9 Å². The summed E-state index contributed by atoms with van der Waals surface area (Å²) in [6, 6.07) is 12.6. The minimum absolute atomic E-state index is 0.0138. The van der Waals surface area contributed by atoms with Gasteiger partial charge in [-0.3, -0.25) is 14.8 Å². The molecule has 0 atom stereocenters. The van der Waals surface area contributed by atoms with Crippen LogP contribution in [-0.2, 0) is 6.54 Å². The molecule has 6 nitrogen and oxygen atoms in total. The normalized spacial score (nSPS) is 10.8. The molecule has 2 aromatic carbocycles. The molecular weight excluding hydrogens is 332 g/mol. The van der Waals surface area contributed by atoms with Crippen molar-refractivity contribution in [3.05, 3.63) is 76.6 Å². The fourth-order valence-electron chi connectivity index (χ4n) is 2.36. The van der Waals surface area contributed by atoms with Gasteiger partial charge in [0.2, 0.25) is 0 Å². The van der Waals surface area contributed by atoms with Crippen LogP contribution in [0.1, 0.15) is 5.56 Å². The van der Waals surface area contributed by atoms with Crippen LogP contribution in [0.3, 0.4) is 0 Å². The molecule has 0 bridgehead atoms. The summed E-state index contributed by atoms with van der Waals surface area (Å²) in [7, 11) is 0. The van der Waals surface area contributed by atoms with E-state index in [2.05, 4.69) is 9.84 Å². The number of non-ortho nitro benzene ring substituents is 1. The van der Waals surface area contributed by atoms with Crippen molar-refractivity contribution in [2.75, 3.05) is 0 Å². The van der Waals surface area contributed by atoms with Crippen molar-refractivity contribution in [2.45, 2.75) is 13.2 Å². The first-order chi connectivity index (χ1) is 12.0. The molecule has 0 saturated heterocycles. The van der Waals surface area contributed by atoms with Gasteiger partial charge < -0.3 is 4.74 Å². The van der Waals surface area contributed by atoms with Gasteiger partial charge in [0.05, 0.1) is 17.7 Å². The fraction of sp³-hybridized carbons (Fsp3) is 0.118. The number of hydrogen-bond acceptors (Lipinski definition) is 4. The van der Waals surface area contributed by atoms with Crippen LogP contribution in [0.15, 0.2) is 60.9 Å². The molecule has 0 amide bonds. The van der Waals surface area contributed by atoms with Gasteiger partial charge in [0.25, 0.3) is 5.69 Å². The van der Waals surface area contributed by atoms with Gasteiger partial charge in [0.15, 0.2) is 0 Å². The Balaban J connectivity index is 1.73. The molecule has 0 unspecified atom stereocenters. The summed E-state index contributed by atoms with van der Waals surface area (Å²) in [6.07, 6.45) is 3.38. The Morgan fingerprint density at radius 1 is 1.16 bits per heavy atom. The summed E-state index contributed by atoms with van der Waals surface area (Å²) in [4.78, 5) is 10.4. The first-order valence-electron chi connectivity index (χ1n) is 7.32. The van der Waals surface area contributed by atoms with Gasteiger partial charge in [-0.05, 0) is 23.3 Å². The van der Waals surface area contributed by atoms with Gasteiger partial charge in [-0.1, -0.05) is 24.3 Å². The number of nitro benzene ring substituents is 1. The number of nitro groups is 1. The predicted molar refractivity (Wildman–Crippen MR) is 86.5 cm³/mol. The highest BCUT2D eigenvalue weighted by Gasteiger charge is 2.09. The van der Waals surface area contributed by atoms with Crippen molar-refractivity contribution >= 4 is 5.69 Å². The molecule has 0 spiro atoms. The highest BCUT2D eigenvalue weighted by Crippen LogP contribution is 2.23. The minimum atomic E-state index is -2.85. The molecule has 0 N–H and O–H groups in total. The highest BCUT2D eigenvalue weighted by molar-refractivity contribution is 5.64. The van der Waals surface area contributed by atoms with E-state index in [0.29, 0.717) is 12.1 Å². The van der Waals surface area contributed by atoms with E-state index >= 15 is 0 Å². The number of rotatable bonds is 6.